The highest BCUT2D eigenvalue weighted by molar-refractivity contribution is 6.33. The van der Waals surface area contributed by atoms with Gasteiger partial charge in [-0.2, -0.15) is 0 Å². The number of ether oxygens (including phenoxy) is 2. The molecule has 0 saturated carbocycles. The molecule has 0 atom stereocenters. The maximum absolute atomic E-state index is 13.1. The number of carbonyl (C=O) groups excluding carboxylic acids is 1. The van der Waals surface area contributed by atoms with Crippen LogP contribution in [0.2, 0.25) is 5.02 Å². The van der Waals surface area contributed by atoms with Gasteiger partial charge in [0.25, 0.3) is 5.91 Å². The van der Waals surface area contributed by atoms with Crippen LogP contribution in [-0.2, 0) is 6.42 Å². The summed E-state index contributed by atoms with van der Waals surface area (Å²) in [5.74, 6) is 0.583. The molecule has 0 spiro atoms. The number of halogens is 2. The lowest BCUT2D eigenvalue weighted by atomic mass is 10.1. The smallest absolute Gasteiger partial charge is 0.255 e. The third kappa shape index (κ3) is 4.17. The Morgan fingerprint density at radius 3 is 2.46 bits per heavy atom. The van der Waals surface area contributed by atoms with Gasteiger partial charge in [0, 0.05) is 13.6 Å². The Hall–Kier alpha value is -2.27. The molecule has 0 aliphatic heterocycles. The summed E-state index contributed by atoms with van der Waals surface area (Å²) < 4.78 is 23.6. The van der Waals surface area contributed by atoms with Crippen LogP contribution >= 0.6 is 11.6 Å². The standard InChI is InChI=1S/C18H19ClFNO3/c1-21(18(22)14-6-5-13(20)11-15(14)19)9-8-12-4-7-16(23-2)17(10-12)24-3/h4-7,10-11H,8-9H2,1-3H3. The lowest BCUT2D eigenvalue weighted by molar-refractivity contribution is 0.0796. The lowest BCUT2D eigenvalue weighted by Crippen LogP contribution is -2.29. The van der Waals surface area contributed by atoms with Gasteiger partial charge >= 0.3 is 0 Å². The molecule has 0 saturated heterocycles. The van der Waals surface area contributed by atoms with Crippen molar-refractivity contribution in [2.75, 3.05) is 27.8 Å². The molecule has 0 heterocycles. The van der Waals surface area contributed by atoms with Gasteiger partial charge in [-0.25, -0.2) is 4.39 Å². The molecule has 0 radical (unpaired) electrons. The van der Waals surface area contributed by atoms with E-state index in [-0.39, 0.29) is 16.5 Å². The van der Waals surface area contributed by atoms with Crippen LogP contribution in [0.25, 0.3) is 0 Å². The van der Waals surface area contributed by atoms with Gasteiger partial charge in [0.05, 0.1) is 24.8 Å². The summed E-state index contributed by atoms with van der Waals surface area (Å²) in [6.07, 6.45) is 0.640. The first-order valence-electron chi connectivity index (χ1n) is 7.37. The van der Waals surface area contributed by atoms with Crippen LogP contribution in [0.5, 0.6) is 11.5 Å². The Labute approximate surface area is 145 Å². The maximum Gasteiger partial charge on any atom is 0.255 e. The number of amides is 1. The summed E-state index contributed by atoms with van der Waals surface area (Å²) in [5.41, 5.74) is 1.30. The van der Waals surface area contributed by atoms with E-state index in [0.717, 1.165) is 11.6 Å². The van der Waals surface area contributed by atoms with Gasteiger partial charge in [0.2, 0.25) is 0 Å². The Bertz CT molecular complexity index is 736. The largest absolute Gasteiger partial charge is 0.493 e. The highest BCUT2D eigenvalue weighted by Gasteiger charge is 2.16. The van der Waals surface area contributed by atoms with E-state index < -0.39 is 5.82 Å². The predicted octanol–water partition coefficient (Wildman–Crippen LogP) is 3.81. The summed E-state index contributed by atoms with van der Waals surface area (Å²) >= 11 is 5.94. The molecule has 2 rings (SSSR count). The fourth-order valence-electron chi connectivity index (χ4n) is 2.30. The number of benzene rings is 2. The second-order valence-electron chi connectivity index (χ2n) is 5.29. The third-order valence-corrected chi connectivity index (χ3v) is 4.00. The molecule has 0 bridgehead atoms. The van der Waals surface area contributed by atoms with Crippen molar-refractivity contribution in [1.82, 2.24) is 4.90 Å². The van der Waals surface area contributed by atoms with Crippen molar-refractivity contribution in [2.24, 2.45) is 0 Å². The minimum Gasteiger partial charge on any atom is -0.493 e. The molecule has 2 aromatic carbocycles. The average Bonchev–Trinajstić information content (AvgIpc) is 2.58. The second-order valence-corrected chi connectivity index (χ2v) is 5.70. The van der Waals surface area contributed by atoms with Crippen molar-refractivity contribution in [3.8, 4) is 11.5 Å². The fraction of sp³-hybridized carbons (Fsp3) is 0.278. The molecule has 4 nitrogen and oxygen atoms in total. The number of likely N-dealkylation sites (N-methyl/N-ethyl adjacent to an activating group) is 1. The molecular weight excluding hydrogens is 333 g/mol. The Morgan fingerprint density at radius 1 is 1.12 bits per heavy atom. The van der Waals surface area contributed by atoms with E-state index in [1.165, 1.54) is 12.1 Å². The normalized spacial score (nSPS) is 10.4. The number of hydrogen-bond donors (Lipinski definition) is 0. The van der Waals surface area contributed by atoms with Crippen LogP contribution in [0.4, 0.5) is 4.39 Å². The molecule has 1 amide bonds. The van der Waals surface area contributed by atoms with Crippen LogP contribution in [0.1, 0.15) is 15.9 Å². The quantitative estimate of drug-likeness (QED) is 0.794. The van der Waals surface area contributed by atoms with Crippen molar-refractivity contribution in [3.05, 3.63) is 58.4 Å². The number of rotatable bonds is 6. The molecular formula is C18H19ClFNO3. The Morgan fingerprint density at radius 2 is 1.83 bits per heavy atom. The molecule has 0 fully saturated rings. The van der Waals surface area contributed by atoms with Crippen LogP contribution in [0.15, 0.2) is 36.4 Å². The Kier molecular flexibility index (Phi) is 6.04. The zero-order valence-corrected chi connectivity index (χ0v) is 14.6. The highest BCUT2D eigenvalue weighted by atomic mass is 35.5. The van der Waals surface area contributed by atoms with E-state index in [1.807, 2.05) is 18.2 Å². The summed E-state index contributed by atoms with van der Waals surface area (Å²) in [7, 11) is 4.84. The summed E-state index contributed by atoms with van der Waals surface area (Å²) in [4.78, 5) is 13.9. The SMILES string of the molecule is COc1ccc(CCN(C)C(=O)c2ccc(F)cc2Cl)cc1OC. The first-order chi connectivity index (χ1) is 11.5. The van der Waals surface area contributed by atoms with Gasteiger partial charge < -0.3 is 14.4 Å². The zero-order chi connectivity index (χ0) is 17.7. The molecule has 0 unspecified atom stereocenters. The number of hydrogen-bond acceptors (Lipinski definition) is 3. The fourth-order valence-corrected chi connectivity index (χ4v) is 2.55. The van der Waals surface area contributed by atoms with Gasteiger partial charge in [0.1, 0.15) is 5.82 Å². The van der Waals surface area contributed by atoms with E-state index in [9.17, 15) is 9.18 Å². The average molecular weight is 352 g/mol. The minimum absolute atomic E-state index is 0.109. The van der Waals surface area contributed by atoms with Gasteiger partial charge in [-0.05, 0) is 42.3 Å². The third-order valence-electron chi connectivity index (χ3n) is 3.69. The van der Waals surface area contributed by atoms with Crippen LogP contribution < -0.4 is 9.47 Å². The van der Waals surface area contributed by atoms with E-state index in [0.29, 0.717) is 24.5 Å². The van der Waals surface area contributed by atoms with Gasteiger partial charge in [-0.1, -0.05) is 17.7 Å². The molecule has 24 heavy (non-hydrogen) atoms. The summed E-state index contributed by atoms with van der Waals surface area (Å²) in [6.45, 7) is 0.488. The van der Waals surface area contributed by atoms with Crippen LogP contribution in [0.3, 0.4) is 0 Å². The van der Waals surface area contributed by atoms with Gasteiger partial charge in [-0.15, -0.1) is 0 Å². The molecule has 0 aromatic heterocycles. The molecule has 6 heteroatoms. The molecule has 2 aromatic rings. The van der Waals surface area contributed by atoms with E-state index in [2.05, 4.69) is 0 Å². The minimum atomic E-state index is -0.468. The maximum atomic E-state index is 13.1. The lowest BCUT2D eigenvalue weighted by Gasteiger charge is -2.18. The van der Waals surface area contributed by atoms with Crippen LogP contribution in [-0.4, -0.2) is 38.6 Å². The zero-order valence-electron chi connectivity index (χ0n) is 13.8. The van der Waals surface area contributed by atoms with Gasteiger partial charge in [-0.3, -0.25) is 4.79 Å². The second kappa shape index (κ2) is 8.02. The predicted molar refractivity (Wildman–Crippen MR) is 91.6 cm³/mol. The van der Waals surface area contributed by atoms with Gasteiger partial charge in [0.15, 0.2) is 11.5 Å². The molecule has 128 valence electrons. The summed E-state index contributed by atoms with van der Waals surface area (Å²) in [6, 6.07) is 9.38. The number of methoxy groups -OCH3 is 2. The number of carbonyl (C=O) groups is 1. The molecule has 0 N–H and O–H groups in total. The Balaban J connectivity index is 2.04. The number of nitrogens with zero attached hydrogens (tertiary/aromatic N) is 1. The van der Waals surface area contributed by atoms with Crippen molar-refractivity contribution in [1.29, 1.82) is 0 Å². The first-order valence-corrected chi connectivity index (χ1v) is 7.75. The van der Waals surface area contributed by atoms with E-state index >= 15 is 0 Å². The molecule has 0 aliphatic rings. The molecule has 0 aliphatic carbocycles. The van der Waals surface area contributed by atoms with E-state index in [1.54, 1.807) is 26.2 Å². The van der Waals surface area contributed by atoms with Crippen molar-refractivity contribution in [3.63, 3.8) is 0 Å². The van der Waals surface area contributed by atoms with Crippen molar-refractivity contribution < 1.29 is 18.7 Å². The van der Waals surface area contributed by atoms with Crippen LogP contribution in [0, 0.1) is 5.82 Å². The first kappa shape index (κ1) is 18.1. The topological polar surface area (TPSA) is 38.8 Å². The van der Waals surface area contributed by atoms with E-state index in [4.69, 9.17) is 21.1 Å². The summed E-state index contributed by atoms with van der Waals surface area (Å²) in [5, 5.41) is 0.109. The highest BCUT2D eigenvalue weighted by Crippen LogP contribution is 2.27. The monoisotopic (exact) mass is 351 g/mol. The van der Waals surface area contributed by atoms with Crippen molar-refractivity contribution >= 4 is 17.5 Å². The van der Waals surface area contributed by atoms with Crippen molar-refractivity contribution in [2.45, 2.75) is 6.42 Å².